The summed E-state index contributed by atoms with van der Waals surface area (Å²) < 4.78 is 5.73. The minimum atomic E-state index is 0.612. The highest BCUT2D eigenvalue weighted by atomic mass is 35.5. The van der Waals surface area contributed by atoms with Crippen molar-refractivity contribution in [1.29, 1.82) is 0 Å². The van der Waals surface area contributed by atoms with Crippen molar-refractivity contribution in [2.45, 2.75) is 0 Å². The first-order chi connectivity index (χ1) is 8.33. The van der Waals surface area contributed by atoms with Crippen molar-refractivity contribution >= 4 is 22.5 Å². The molecule has 0 aliphatic rings. The van der Waals surface area contributed by atoms with Gasteiger partial charge < -0.3 is 9.72 Å². The van der Waals surface area contributed by atoms with Crippen LogP contribution < -0.4 is 4.74 Å². The van der Waals surface area contributed by atoms with E-state index in [1.54, 1.807) is 0 Å². The van der Waals surface area contributed by atoms with E-state index in [1.165, 1.54) is 0 Å². The maximum atomic E-state index is 6.17. The van der Waals surface area contributed by atoms with Crippen LogP contribution in [0.4, 0.5) is 0 Å². The van der Waals surface area contributed by atoms with E-state index >= 15 is 0 Å². The highest BCUT2D eigenvalue weighted by Crippen LogP contribution is 2.32. The van der Waals surface area contributed by atoms with Gasteiger partial charge in [0.2, 0.25) is 0 Å². The Bertz CT molecular complexity index is 646. The summed E-state index contributed by atoms with van der Waals surface area (Å²) in [5, 5.41) is 1.69. The standard InChI is InChI=1S/C14H10ClNO/c15-12-8-10-6-7-16-13(10)9-14(12)17-11-4-2-1-3-5-11/h1-9,16H. The Morgan fingerprint density at radius 2 is 1.82 bits per heavy atom. The molecule has 2 aromatic carbocycles. The minimum absolute atomic E-state index is 0.612. The first-order valence-corrected chi connectivity index (χ1v) is 5.70. The van der Waals surface area contributed by atoms with Gasteiger partial charge in [-0.1, -0.05) is 29.8 Å². The molecule has 0 atom stereocenters. The van der Waals surface area contributed by atoms with E-state index < -0.39 is 0 Å². The molecule has 0 saturated heterocycles. The topological polar surface area (TPSA) is 25.0 Å². The number of fused-ring (bicyclic) bond motifs is 1. The van der Waals surface area contributed by atoms with E-state index in [2.05, 4.69) is 4.98 Å². The van der Waals surface area contributed by atoms with E-state index in [1.807, 2.05) is 54.7 Å². The quantitative estimate of drug-likeness (QED) is 0.698. The van der Waals surface area contributed by atoms with Crippen LogP contribution in [0.5, 0.6) is 11.5 Å². The largest absolute Gasteiger partial charge is 0.456 e. The van der Waals surface area contributed by atoms with E-state index in [-0.39, 0.29) is 0 Å². The van der Waals surface area contributed by atoms with Crippen LogP contribution in [0.3, 0.4) is 0 Å². The molecule has 0 amide bonds. The number of nitrogens with one attached hydrogen (secondary N) is 1. The van der Waals surface area contributed by atoms with E-state index in [0.717, 1.165) is 16.7 Å². The zero-order chi connectivity index (χ0) is 11.7. The van der Waals surface area contributed by atoms with Gasteiger partial charge in [-0.05, 0) is 24.3 Å². The summed E-state index contributed by atoms with van der Waals surface area (Å²) in [5.41, 5.74) is 1.01. The Morgan fingerprint density at radius 1 is 1.00 bits per heavy atom. The maximum absolute atomic E-state index is 6.17. The Morgan fingerprint density at radius 3 is 2.65 bits per heavy atom. The summed E-state index contributed by atoms with van der Waals surface area (Å²) in [6, 6.07) is 15.4. The lowest BCUT2D eigenvalue weighted by Gasteiger charge is -2.07. The van der Waals surface area contributed by atoms with Crippen LogP contribution in [0.15, 0.2) is 54.7 Å². The SMILES string of the molecule is Clc1cc2cc[nH]c2cc1Oc1ccccc1. The molecule has 0 radical (unpaired) electrons. The molecule has 0 fully saturated rings. The fourth-order valence-corrected chi connectivity index (χ4v) is 1.96. The van der Waals surface area contributed by atoms with E-state index in [9.17, 15) is 0 Å². The van der Waals surface area contributed by atoms with Crippen molar-refractivity contribution in [3.63, 3.8) is 0 Å². The Kier molecular flexibility index (Phi) is 2.50. The van der Waals surface area contributed by atoms with Crippen molar-refractivity contribution in [2.24, 2.45) is 0 Å². The summed E-state index contributed by atoms with van der Waals surface area (Å²) >= 11 is 6.17. The number of halogens is 1. The molecule has 17 heavy (non-hydrogen) atoms. The molecule has 84 valence electrons. The molecule has 3 rings (SSSR count). The number of para-hydroxylation sites is 1. The zero-order valence-electron chi connectivity index (χ0n) is 8.98. The molecule has 0 aliphatic heterocycles. The van der Waals surface area contributed by atoms with Gasteiger partial charge in [0.05, 0.1) is 5.02 Å². The molecular weight excluding hydrogens is 234 g/mol. The number of aromatic amines is 1. The summed E-state index contributed by atoms with van der Waals surface area (Å²) in [7, 11) is 0. The van der Waals surface area contributed by atoms with Crippen molar-refractivity contribution < 1.29 is 4.74 Å². The molecule has 0 saturated carbocycles. The molecule has 1 heterocycles. The second-order valence-electron chi connectivity index (χ2n) is 3.76. The Balaban J connectivity index is 2.02. The summed E-state index contributed by atoms with van der Waals surface area (Å²) in [5.74, 6) is 1.44. The van der Waals surface area contributed by atoms with E-state index in [0.29, 0.717) is 10.8 Å². The Hall–Kier alpha value is -1.93. The molecule has 2 nitrogen and oxygen atoms in total. The van der Waals surface area contributed by atoms with Gasteiger partial charge >= 0.3 is 0 Å². The third-order valence-corrected chi connectivity index (χ3v) is 2.87. The first kappa shape index (κ1) is 10.2. The van der Waals surface area contributed by atoms with Gasteiger partial charge in [0.25, 0.3) is 0 Å². The second-order valence-corrected chi connectivity index (χ2v) is 4.17. The highest BCUT2D eigenvalue weighted by molar-refractivity contribution is 6.32. The lowest BCUT2D eigenvalue weighted by Crippen LogP contribution is -1.85. The van der Waals surface area contributed by atoms with Gasteiger partial charge in [-0.25, -0.2) is 0 Å². The number of rotatable bonds is 2. The third-order valence-electron chi connectivity index (χ3n) is 2.58. The average Bonchev–Trinajstić information content (AvgIpc) is 2.78. The van der Waals surface area contributed by atoms with Crippen molar-refractivity contribution in [2.75, 3.05) is 0 Å². The molecule has 0 spiro atoms. The van der Waals surface area contributed by atoms with Crippen LogP contribution in [0, 0.1) is 0 Å². The number of H-pyrrole nitrogens is 1. The van der Waals surface area contributed by atoms with Crippen LogP contribution in [-0.2, 0) is 0 Å². The summed E-state index contributed by atoms with van der Waals surface area (Å²) in [6.45, 7) is 0. The fraction of sp³-hybridized carbons (Fsp3) is 0. The summed E-state index contributed by atoms with van der Waals surface area (Å²) in [6.07, 6.45) is 1.88. The van der Waals surface area contributed by atoms with Gasteiger partial charge in [-0.2, -0.15) is 0 Å². The van der Waals surface area contributed by atoms with Crippen LogP contribution in [0.1, 0.15) is 0 Å². The molecule has 1 aromatic heterocycles. The van der Waals surface area contributed by atoms with Gasteiger partial charge in [0.1, 0.15) is 11.5 Å². The lowest BCUT2D eigenvalue weighted by molar-refractivity contribution is 0.483. The van der Waals surface area contributed by atoms with Gasteiger partial charge in [-0.15, -0.1) is 0 Å². The Labute approximate surface area is 104 Å². The molecule has 1 N–H and O–H groups in total. The smallest absolute Gasteiger partial charge is 0.148 e. The third kappa shape index (κ3) is 1.99. The van der Waals surface area contributed by atoms with Gasteiger partial charge in [-0.3, -0.25) is 0 Å². The van der Waals surface area contributed by atoms with Crippen LogP contribution >= 0.6 is 11.6 Å². The van der Waals surface area contributed by atoms with Crippen LogP contribution in [0.2, 0.25) is 5.02 Å². The molecule has 0 bridgehead atoms. The monoisotopic (exact) mass is 243 g/mol. The molecule has 0 aliphatic carbocycles. The average molecular weight is 244 g/mol. The normalized spacial score (nSPS) is 10.6. The molecular formula is C14H10ClNO. The first-order valence-electron chi connectivity index (χ1n) is 5.32. The zero-order valence-corrected chi connectivity index (χ0v) is 9.74. The number of hydrogen-bond donors (Lipinski definition) is 1. The number of ether oxygens (including phenoxy) is 1. The molecule has 3 heteroatoms. The highest BCUT2D eigenvalue weighted by Gasteiger charge is 2.05. The van der Waals surface area contributed by atoms with E-state index in [4.69, 9.17) is 16.3 Å². The van der Waals surface area contributed by atoms with Crippen molar-refractivity contribution in [3.05, 3.63) is 59.8 Å². The van der Waals surface area contributed by atoms with Crippen LogP contribution in [0.25, 0.3) is 10.9 Å². The van der Waals surface area contributed by atoms with Crippen molar-refractivity contribution in [1.82, 2.24) is 4.98 Å². The number of aromatic nitrogens is 1. The maximum Gasteiger partial charge on any atom is 0.148 e. The summed E-state index contributed by atoms with van der Waals surface area (Å²) in [4.78, 5) is 3.13. The van der Waals surface area contributed by atoms with Crippen molar-refractivity contribution in [3.8, 4) is 11.5 Å². The predicted octanol–water partition coefficient (Wildman–Crippen LogP) is 4.61. The molecule has 3 aromatic rings. The fourth-order valence-electron chi connectivity index (χ4n) is 1.75. The number of benzene rings is 2. The predicted molar refractivity (Wildman–Crippen MR) is 69.8 cm³/mol. The van der Waals surface area contributed by atoms with Gasteiger partial charge in [0.15, 0.2) is 0 Å². The number of hydrogen-bond acceptors (Lipinski definition) is 1. The minimum Gasteiger partial charge on any atom is -0.456 e. The second kappa shape index (κ2) is 4.15. The van der Waals surface area contributed by atoms with Crippen LogP contribution in [-0.4, -0.2) is 4.98 Å². The molecule has 0 unspecified atom stereocenters. The van der Waals surface area contributed by atoms with Gasteiger partial charge in [0, 0.05) is 23.2 Å². The lowest BCUT2D eigenvalue weighted by atomic mass is 10.2.